The molecule has 1 aliphatic rings. The van der Waals surface area contributed by atoms with Crippen LogP contribution in [-0.4, -0.2) is 34.9 Å². The lowest BCUT2D eigenvalue weighted by Crippen LogP contribution is -2.45. The minimum Gasteiger partial charge on any atom is -0.335 e. The Morgan fingerprint density at radius 3 is 2.91 bits per heavy atom. The van der Waals surface area contributed by atoms with Crippen molar-refractivity contribution in [3.05, 3.63) is 42.1 Å². The average molecular weight is 311 g/mol. The predicted octanol–water partition coefficient (Wildman–Crippen LogP) is 3.12. The fourth-order valence-electron chi connectivity index (χ4n) is 3.32. The molecule has 4 nitrogen and oxygen atoms in total. The first-order chi connectivity index (χ1) is 11.3. The highest BCUT2D eigenvalue weighted by Gasteiger charge is 2.24. The summed E-state index contributed by atoms with van der Waals surface area (Å²) in [6.45, 7) is 4.78. The number of piperidine rings is 1. The van der Waals surface area contributed by atoms with Gasteiger partial charge in [-0.15, -0.1) is 0 Å². The van der Waals surface area contributed by atoms with Gasteiger partial charge in [0.25, 0.3) is 0 Å². The molecular formula is C19H25N3O. The Morgan fingerprint density at radius 1 is 1.30 bits per heavy atom. The van der Waals surface area contributed by atoms with Gasteiger partial charge >= 0.3 is 0 Å². The van der Waals surface area contributed by atoms with Crippen molar-refractivity contribution in [1.82, 2.24) is 15.2 Å². The van der Waals surface area contributed by atoms with Crippen LogP contribution in [0.1, 0.15) is 38.2 Å². The highest BCUT2D eigenvalue weighted by Crippen LogP contribution is 2.20. The highest BCUT2D eigenvalue weighted by atomic mass is 16.2. The summed E-state index contributed by atoms with van der Waals surface area (Å²) in [5.74, 6) is 0.283. The Bertz CT molecular complexity index is 664. The van der Waals surface area contributed by atoms with E-state index in [1.165, 1.54) is 5.56 Å². The Labute approximate surface area is 137 Å². The molecule has 1 aromatic carbocycles. The van der Waals surface area contributed by atoms with Crippen LogP contribution in [0, 0.1) is 0 Å². The van der Waals surface area contributed by atoms with Gasteiger partial charge in [0.2, 0.25) is 5.91 Å². The van der Waals surface area contributed by atoms with E-state index in [4.69, 9.17) is 0 Å². The van der Waals surface area contributed by atoms with Crippen molar-refractivity contribution in [2.45, 2.75) is 45.2 Å². The van der Waals surface area contributed by atoms with Crippen molar-refractivity contribution >= 4 is 16.8 Å². The Morgan fingerprint density at radius 2 is 2.13 bits per heavy atom. The molecule has 3 rings (SSSR count). The lowest BCUT2D eigenvalue weighted by Gasteiger charge is -2.35. The van der Waals surface area contributed by atoms with Crippen LogP contribution in [0.25, 0.3) is 10.9 Å². The normalized spacial score (nSPS) is 15.7. The number of amides is 1. The third-order valence-corrected chi connectivity index (χ3v) is 4.55. The first kappa shape index (κ1) is 15.9. The monoisotopic (exact) mass is 311 g/mol. The topological polar surface area (TPSA) is 45.2 Å². The molecule has 1 fully saturated rings. The molecule has 0 radical (unpaired) electrons. The number of nitrogens with one attached hydrogen (secondary N) is 1. The SMILES string of the molecule is CCCC(=O)N(Cc1ccc2ncccc2c1)C1CCNCC1. The maximum Gasteiger partial charge on any atom is 0.223 e. The van der Waals surface area contributed by atoms with Crippen LogP contribution in [0.4, 0.5) is 0 Å². The Balaban J connectivity index is 1.81. The number of hydrogen-bond acceptors (Lipinski definition) is 3. The maximum atomic E-state index is 12.6. The molecule has 0 aliphatic carbocycles. The van der Waals surface area contributed by atoms with E-state index in [1.54, 1.807) is 0 Å². The standard InChI is InChI=1S/C19H25N3O/c1-2-4-19(23)22(17-8-11-20-12-9-17)14-15-6-7-18-16(13-15)5-3-10-21-18/h3,5-7,10,13,17,20H,2,4,8-9,11-12,14H2,1H3. The molecule has 1 aromatic heterocycles. The van der Waals surface area contributed by atoms with Crippen LogP contribution in [0.2, 0.25) is 0 Å². The summed E-state index contributed by atoms with van der Waals surface area (Å²) in [7, 11) is 0. The van der Waals surface area contributed by atoms with E-state index in [9.17, 15) is 4.79 Å². The van der Waals surface area contributed by atoms with Crippen LogP contribution < -0.4 is 5.32 Å². The molecule has 1 aliphatic heterocycles. The van der Waals surface area contributed by atoms with Gasteiger partial charge < -0.3 is 10.2 Å². The minimum absolute atomic E-state index is 0.283. The molecule has 2 aromatic rings. The van der Waals surface area contributed by atoms with E-state index in [0.29, 0.717) is 19.0 Å². The van der Waals surface area contributed by atoms with E-state index < -0.39 is 0 Å². The van der Waals surface area contributed by atoms with Crippen LogP contribution in [0.3, 0.4) is 0 Å². The smallest absolute Gasteiger partial charge is 0.223 e. The van der Waals surface area contributed by atoms with Crippen molar-refractivity contribution in [2.75, 3.05) is 13.1 Å². The molecule has 122 valence electrons. The summed E-state index contributed by atoms with van der Waals surface area (Å²) in [5.41, 5.74) is 2.19. The lowest BCUT2D eigenvalue weighted by molar-refractivity contribution is -0.134. The number of fused-ring (bicyclic) bond motifs is 1. The molecule has 1 amide bonds. The van der Waals surface area contributed by atoms with Gasteiger partial charge in [0.05, 0.1) is 5.52 Å². The molecule has 0 atom stereocenters. The zero-order valence-electron chi connectivity index (χ0n) is 13.8. The Hall–Kier alpha value is -1.94. The second-order valence-corrected chi connectivity index (χ2v) is 6.28. The zero-order chi connectivity index (χ0) is 16.1. The van der Waals surface area contributed by atoms with Gasteiger partial charge in [0, 0.05) is 30.6 Å². The van der Waals surface area contributed by atoms with Crippen molar-refractivity contribution in [2.24, 2.45) is 0 Å². The maximum absolute atomic E-state index is 12.6. The number of rotatable bonds is 5. The van der Waals surface area contributed by atoms with Gasteiger partial charge in [-0.25, -0.2) is 0 Å². The van der Waals surface area contributed by atoms with E-state index in [0.717, 1.165) is 43.3 Å². The van der Waals surface area contributed by atoms with Gasteiger partial charge in [0.15, 0.2) is 0 Å². The second kappa shape index (κ2) is 7.55. The summed E-state index contributed by atoms with van der Waals surface area (Å²) in [4.78, 5) is 19.1. The van der Waals surface area contributed by atoms with Crippen LogP contribution in [0.5, 0.6) is 0 Å². The zero-order valence-corrected chi connectivity index (χ0v) is 13.8. The van der Waals surface area contributed by atoms with E-state index in [-0.39, 0.29) is 5.91 Å². The quantitative estimate of drug-likeness (QED) is 0.923. The second-order valence-electron chi connectivity index (χ2n) is 6.28. The molecule has 0 saturated carbocycles. The summed E-state index contributed by atoms with van der Waals surface area (Å²) < 4.78 is 0. The first-order valence-electron chi connectivity index (χ1n) is 8.62. The van der Waals surface area contributed by atoms with E-state index >= 15 is 0 Å². The summed E-state index contributed by atoms with van der Waals surface area (Å²) in [6.07, 6.45) is 5.45. The first-order valence-corrected chi connectivity index (χ1v) is 8.62. The fourth-order valence-corrected chi connectivity index (χ4v) is 3.32. The largest absolute Gasteiger partial charge is 0.335 e. The van der Waals surface area contributed by atoms with Gasteiger partial charge in [0.1, 0.15) is 0 Å². The molecule has 0 spiro atoms. The lowest BCUT2D eigenvalue weighted by atomic mass is 10.0. The average Bonchev–Trinajstić information content (AvgIpc) is 2.60. The predicted molar refractivity (Wildman–Crippen MR) is 93.1 cm³/mol. The van der Waals surface area contributed by atoms with E-state index in [2.05, 4.69) is 46.4 Å². The fraction of sp³-hybridized carbons (Fsp3) is 0.474. The summed E-state index contributed by atoms with van der Waals surface area (Å²) in [6, 6.07) is 10.7. The highest BCUT2D eigenvalue weighted by molar-refractivity contribution is 5.79. The molecular weight excluding hydrogens is 286 g/mol. The molecule has 23 heavy (non-hydrogen) atoms. The number of carbonyl (C=O) groups is 1. The molecule has 1 N–H and O–H groups in total. The molecule has 0 bridgehead atoms. The number of benzene rings is 1. The van der Waals surface area contributed by atoms with Crippen LogP contribution in [-0.2, 0) is 11.3 Å². The minimum atomic E-state index is 0.283. The van der Waals surface area contributed by atoms with Gasteiger partial charge in [-0.05, 0) is 56.1 Å². The number of aromatic nitrogens is 1. The Kier molecular flexibility index (Phi) is 5.23. The van der Waals surface area contributed by atoms with Crippen molar-refractivity contribution in [3.8, 4) is 0 Å². The molecule has 2 heterocycles. The van der Waals surface area contributed by atoms with Crippen molar-refractivity contribution < 1.29 is 4.79 Å². The third kappa shape index (κ3) is 3.88. The number of pyridine rings is 1. The van der Waals surface area contributed by atoms with Crippen molar-refractivity contribution in [1.29, 1.82) is 0 Å². The third-order valence-electron chi connectivity index (χ3n) is 4.55. The summed E-state index contributed by atoms with van der Waals surface area (Å²) >= 11 is 0. The molecule has 0 unspecified atom stereocenters. The van der Waals surface area contributed by atoms with Gasteiger partial charge in [-0.2, -0.15) is 0 Å². The molecule has 1 saturated heterocycles. The van der Waals surface area contributed by atoms with Crippen LogP contribution in [0.15, 0.2) is 36.5 Å². The van der Waals surface area contributed by atoms with Gasteiger partial charge in [-0.3, -0.25) is 9.78 Å². The molecule has 4 heteroatoms. The van der Waals surface area contributed by atoms with Gasteiger partial charge in [-0.1, -0.05) is 19.1 Å². The summed E-state index contributed by atoms with van der Waals surface area (Å²) in [5, 5.41) is 4.52. The number of nitrogens with zero attached hydrogens (tertiary/aromatic N) is 2. The van der Waals surface area contributed by atoms with E-state index in [1.807, 2.05) is 12.3 Å². The number of hydrogen-bond donors (Lipinski definition) is 1. The van der Waals surface area contributed by atoms with Crippen LogP contribution >= 0.6 is 0 Å². The van der Waals surface area contributed by atoms with Crippen molar-refractivity contribution in [3.63, 3.8) is 0 Å². The number of carbonyl (C=O) groups excluding carboxylic acids is 1.